The molecular weight excluding hydrogens is 402 g/mol. The summed E-state index contributed by atoms with van der Waals surface area (Å²) in [6, 6.07) is 11.7. The van der Waals surface area contributed by atoms with Gasteiger partial charge in [-0.1, -0.05) is 23.7 Å². The van der Waals surface area contributed by atoms with Gasteiger partial charge in [0, 0.05) is 25.2 Å². The molecule has 0 spiro atoms. The Morgan fingerprint density at radius 3 is 2.90 bits per heavy atom. The number of nitrogens with zero attached hydrogens (tertiary/aromatic N) is 3. The summed E-state index contributed by atoms with van der Waals surface area (Å²) in [7, 11) is 0. The third-order valence-electron chi connectivity index (χ3n) is 5.60. The molecule has 154 valence electrons. The van der Waals surface area contributed by atoms with E-state index >= 15 is 0 Å². The molecule has 0 bridgehead atoms. The van der Waals surface area contributed by atoms with E-state index in [1.54, 1.807) is 12.2 Å². The summed E-state index contributed by atoms with van der Waals surface area (Å²) in [4.78, 5) is 19.3. The number of hydrogen-bond donors (Lipinski definition) is 0. The Morgan fingerprint density at radius 2 is 2.00 bits per heavy atom. The first-order valence-electron chi connectivity index (χ1n) is 10.2. The van der Waals surface area contributed by atoms with Gasteiger partial charge in [-0.25, -0.2) is 4.98 Å². The maximum atomic E-state index is 13.0. The largest absolute Gasteiger partial charge is 0.490 e. The summed E-state index contributed by atoms with van der Waals surface area (Å²) in [6.45, 7) is 2.03. The van der Waals surface area contributed by atoms with Crippen molar-refractivity contribution in [3.8, 4) is 11.5 Å². The Hall–Kier alpha value is -2.99. The van der Waals surface area contributed by atoms with E-state index in [0.717, 1.165) is 48.5 Å². The highest BCUT2D eigenvalue weighted by molar-refractivity contribution is 6.31. The van der Waals surface area contributed by atoms with Crippen LogP contribution in [0.5, 0.6) is 11.5 Å². The maximum Gasteiger partial charge on any atom is 0.247 e. The minimum Gasteiger partial charge on any atom is -0.490 e. The Kier molecular flexibility index (Phi) is 5.09. The second-order valence-electron chi connectivity index (χ2n) is 7.50. The molecule has 30 heavy (non-hydrogen) atoms. The lowest BCUT2D eigenvalue weighted by Crippen LogP contribution is -2.28. The Bertz CT molecular complexity index is 1120. The van der Waals surface area contributed by atoms with Crippen molar-refractivity contribution in [2.24, 2.45) is 0 Å². The Morgan fingerprint density at radius 1 is 1.13 bits per heavy atom. The summed E-state index contributed by atoms with van der Waals surface area (Å²) < 4.78 is 13.4. The van der Waals surface area contributed by atoms with Gasteiger partial charge in [0.15, 0.2) is 16.7 Å². The third-order valence-corrected chi connectivity index (χ3v) is 5.88. The minimum atomic E-state index is -0.0356. The fourth-order valence-electron chi connectivity index (χ4n) is 4.15. The van der Waals surface area contributed by atoms with Crippen molar-refractivity contribution in [3.63, 3.8) is 0 Å². The van der Waals surface area contributed by atoms with Gasteiger partial charge in [-0.15, -0.1) is 0 Å². The fourth-order valence-corrected chi connectivity index (χ4v) is 4.39. The molecule has 1 aromatic carbocycles. The number of imidazole rings is 1. The topological polar surface area (TPSA) is 56.1 Å². The first-order valence-corrected chi connectivity index (χ1v) is 10.6. The number of fused-ring (bicyclic) bond motifs is 2. The number of halogens is 1. The number of aromatic nitrogens is 2. The van der Waals surface area contributed by atoms with Crippen LogP contribution in [0.1, 0.15) is 36.6 Å². The SMILES string of the molecule is O=C(C=Cc1c(Cl)nc2ccccn12)N1CCCC1c1ccc2c(c1)OCCCO2. The molecule has 6 nitrogen and oxygen atoms in total. The molecule has 1 fully saturated rings. The van der Waals surface area contributed by atoms with E-state index in [1.165, 1.54) is 0 Å². The number of carbonyl (C=O) groups is 1. The zero-order valence-electron chi connectivity index (χ0n) is 16.5. The summed E-state index contributed by atoms with van der Waals surface area (Å²) >= 11 is 6.28. The van der Waals surface area contributed by atoms with Crippen LogP contribution in [0.4, 0.5) is 0 Å². The average Bonchev–Trinajstić information content (AvgIpc) is 3.29. The predicted octanol–water partition coefficient (Wildman–Crippen LogP) is 4.53. The van der Waals surface area contributed by atoms with E-state index in [9.17, 15) is 4.79 Å². The van der Waals surface area contributed by atoms with E-state index in [-0.39, 0.29) is 11.9 Å². The highest BCUT2D eigenvalue weighted by Gasteiger charge is 2.29. The predicted molar refractivity (Wildman–Crippen MR) is 115 cm³/mol. The van der Waals surface area contributed by atoms with Gasteiger partial charge >= 0.3 is 0 Å². The summed E-state index contributed by atoms with van der Waals surface area (Å²) in [6.07, 6.45) is 7.98. The summed E-state index contributed by atoms with van der Waals surface area (Å²) in [5, 5.41) is 0.381. The molecule has 0 radical (unpaired) electrons. The normalized spacial score (nSPS) is 18.8. The van der Waals surface area contributed by atoms with Crippen molar-refractivity contribution in [1.82, 2.24) is 14.3 Å². The number of amides is 1. The van der Waals surface area contributed by atoms with E-state index in [0.29, 0.717) is 24.1 Å². The Balaban J connectivity index is 1.38. The molecule has 7 heteroatoms. The molecule has 1 amide bonds. The monoisotopic (exact) mass is 423 g/mol. The minimum absolute atomic E-state index is 0.0250. The van der Waals surface area contributed by atoms with Crippen molar-refractivity contribution < 1.29 is 14.3 Å². The molecule has 4 heterocycles. The van der Waals surface area contributed by atoms with Gasteiger partial charge in [0.05, 0.1) is 24.9 Å². The standard InChI is InChI=1S/C23H22ClN3O3/c24-23-18(26-11-2-1-6-21(26)25-23)8-10-22(28)27-12-3-5-17(27)16-7-9-19-20(15-16)30-14-4-13-29-19/h1-2,6-11,15,17H,3-5,12-14H2. The highest BCUT2D eigenvalue weighted by Crippen LogP contribution is 2.38. The van der Waals surface area contributed by atoms with Crippen molar-refractivity contribution in [1.29, 1.82) is 0 Å². The first-order chi connectivity index (χ1) is 14.7. The smallest absolute Gasteiger partial charge is 0.247 e. The molecule has 0 N–H and O–H groups in total. The van der Waals surface area contributed by atoms with E-state index in [1.807, 2.05) is 51.9 Å². The number of carbonyl (C=O) groups excluding carboxylic acids is 1. The molecular formula is C23H22ClN3O3. The lowest BCUT2D eigenvalue weighted by Gasteiger charge is -2.24. The van der Waals surface area contributed by atoms with Crippen LogP contribution in [0.3, 0.4) is 0 Å². The van der Waals surface area contributed by atoms with Gasteiger partial charge in [-0.3, -0.25) is 9.20 Å². The molecule has 1 atom stereocenters. The van der Waals surface area contributed by atoms with Crippen LogP contribution in [0.25, 0.3) is 11.7 Å². The number of hydrogen-bond acceptors (Lipinski definition) is 4. The number of rotatable bonds is 3. The van der Waals surface area contributed by atoms with Gasteiger partial charge in [0.2, 0.25) is 5.91 Å². The molecule has 1 unspecified atom stereocenters. The van der Waals surface area contributed by atoms with Crippen LogP contribution >= 0.6 is 11.6 Å². The zero-order valence-corrected chi connectivity index (χ0v) is 17.2. The number of benzene rings is 1. The van der Waals surface area contributed by atoms with Crippen molar-refractivity contribution in [3.05, 3.63) is 65.1 Å². The van der Waals surface area contributed by atoms with Crippen molar-refractivity contribution >= 4 is 29.2 Å². The van der Waals surface area contributed by atoms with Gasteiger partial charge in [-0.05, 0) is 48.7 Å². The lowest BCUT2D eigenvalue weighted by atomic mass is 10.0. The van der Waals surface area contributed by atoms with Crippen LogP contribution in [-0.2, 0) is 4.79 Å². The quantitative estimate of drug-likeness (QED) is 0.581. The van der Waals surface area contributed by atoms with Crippen LogP contribution < -0.4 is 9.47 Å². The molecule has 5 rings (SSSR count). The highest BCUT2D eigenvalue weighted by atomic mass is 35.5. The molecule has 3 aromatic rings. The summed E-state index contributed by atoms with van der Waals surface area (Å²) in [5.74, 6) is 1.50. The molecule has 2 aliphatic rings. The maximum absolute atomic E-state index is 13.0. The van der Waals surface area contributed by atoms with Gasteiger partial charge < -0.3 is 14.4 Å². The van der Waals surface area contributed by atoms with E-state index in [2.05, 4.69) is 4.98 Å². The number of pyridine rings is 1. The fraction of sp³-hybridized carbons (Fsp3) is 0.304. The molecule has 2 aromatic heterocycles. The van der Waals surface area contributed by atoms with Gasteiger partial charge in [0.1, 0.15) is 5.65 Å². The molecule has 0 aliphatic carbocycles. The second-order valence-corrected chi connectivity index (χ2v) is 7.85. The van der Waals surface area contributed by atoms with Crippen LogP contribution in [0, 0.1) is 0 Å². The average molecular weight is 424 g/mol. The molecule has 2 aliphatic heterocycles. The van der Waals surface area contributed by atoms with Crippen molar-refractivity contribution in [2.75, 3.05) is 19.8 Å². The summed E-state index contributed by atoms with van der Waals surface area (Å²) in [5.41, 5.74) is 2.53. The van der Waals surface area contributed by atoms with E-state index < -0.39 is 0 Å². The Labute approximate surface area is 179 Å². The lowest BCUT2D eigenvalue weighted by molar-refractivity contribution is -0.126. The van der Waals surface area contributed by atoms with Crippen LogP contribution in [0.2, 0.25) is 5.15 Å². The number of likely N-dealkylation sites (tertiary alicyclic amines) is 1. The first kappa shape index (κ1) is 19.0. The van der Waals surface area contributed by atoms with Crippen LogP contribution in [0.15, 0.2) is 48.7 Å². The molecule has 1 saturated heterocycles. The second kappa shape index (κ2) is 8.03. The molecule has 0 saturated carbocycles. The van der Waals surface area contributed by atoms with Gasteiger partial charge in [-0.2, -0.15) is 0 Å². The van der Waals surface area contributed by atoms with Crippen LogP contribution in [-0.4, -0.2) is 40.0 Å². The van der Waals surface area contributed by atoms with E-state index in [4.69, 9.17) is 21.1 Å². The zero-order chi connectivity index (χ0) is 20.5. The third kappa shape index (κ3) is 3.52. The van der Waals surface area contributed by atoms with Gasteiger partial charge in [0.25, 0.3) is 0 Å². The van der Waals surface area contributed by atoms with Crippen molar-refractivity contribution in [2.45, 2.75) is 25.3 Å². The number of ether oxygens (including phenoxy) is 2.